The van der Waals surface area contributed by atoms with Crippen LogP contribution in [0.3, 0.4) is 0 Å². The molecule has 3 aromatic rings. The second-order valence-electron chi connectivity index (χ2n) is 7.02. The molecule has 1 heterocycles. The molecule has 7 heteroatoms. The summed E-state index contributed by atoms with van der Waals surface area (Å²) in [6.07, 6.45) is 4.93. The predicted molar refractivity (Wildman–Crippen MR) is 108 cm³/mol. The van der Waals surface area contributed by atoms with Gasteiger partial charge in [-0.15, -0.1) is 0 Å². The van der Waals surface area contributed by atoms with E-state index in [0.717, 1.165) is 29.5 Å². The number of benzene rings is 2. The minimum atomic E-state index is -0.407. The Morgan fingerprint density at radius 2 is 1.82 bits per heavy atom. The highest BCUT2D eigenvalue weighted by atomic mass is 16.5. The van der Waals surface area contributed by atoms with Crippen LogP contribution in [-0.4, -0.2) is 28.1 Å². The summed E-state index contributed by atoms with van der Waals surface area (Å²) in [5.41, 5.74) is 1.99. The number of ketones is 1. The zero-order valence-electron chi connectivity index (χ0n) is 15.6. The minimum absolute atomic E-state index is 0.0183. The molecule has 3 N–H and O–H groups in total. The first-order chi connectivity index (χ1) is 13.6. The summed E-state index contributed by atoms with van der Waals surface area (Å²) in [6, 6.07) is 12.0. The van der Waals surface area contributed by atoms with Gasteiger partial charge in [-0.3, -0.25) is 15.2 Å². The van der Waals surface area contributed by atoms with Crippen molar-refractivity contribution in [3.8, 4) is 5.75 Å². The number of nitrogens with zero attached hydrogens (tertiary/aromatic N) is 1. The van der Waals surface area contributed by atoms with Crippen LogP contribution in [0.4, 0.5) is 16.3 Å². The number of anilines is 2. The molecular formula is C21H22N4O3. The number of carbonyl (C=O) groups excluding carboxylic acids is 2. The van der Waals surface area contributed by atoms with Crippen LogP contribution in [0.2, 0.25) is 0 Å². The van der Waals surface area contributed by atoms with Crippen LogP contribution in [0.1, 0.15) is 43.0 Å². The van der Waals surface area contributed by atoms with Gasteiger partial charge in [-0.1, -0.05) is 0 Å². The molecule has 144 valence electrons. The minimum Gasteiger partial charge on any atom is -0.490 e. The molecule has 1 fully saturated rings. The third kappa shape index (κ3) is 3.98. The molecule has 2 amide bonds. The number of H-pyrrole nitrogens is 1. The third-order valence-electron chi connectivity index (χ3n) is 4.92. The Labute approximate surface area is 162 Å². The zero-order valence-corrected chi connectivity index (χ0v) is 15.6. The van der Waals surface area contributed by atoms with Gasteiger partial charge >= 0.3 is 6.03 Å². The molecule has 1 saturated carbocycles. The fraction of sp³-hybridized carbons (Fsp3) is 0.286. The Balaban J connectivity index is 1.42. The quantitative estimate of drug-likeness (QED) is 0.559. The molecule has 1 aromatic heterocycles. The maximum absolute atomic E-state index is 12.3. The summed E-state index contributed by atoms with van der Waals surface area (Å²) >= 11 is 0. The van der Waals surface area contributed by atoms with E-state index in [4.69, 9.17) is 4.74 Å². The van der Waals surface area contributed by atoms with Crippen LogP contribution < -0.4 is 15.4 Å². The molecule has 0 unspecified atom stereocenters. The van der Waals surface area contributed by atoms with E-state index < -0.39 is 6.03 Å². The van der Waals surface area contributed by atoms with Crippen LogP contribution in [0.25, 0.3) is 10.9 Å². The SMILES string of the molecule is CC(=O)c1ccc(NC(=O)Nc2n[nH]c3cc(OC4CCCC4)ccc23)cc1. The van der Waals surface area contributed by atoms with Gasteiger partial charge in [0.2, 0.25) is 0 Å². The number of ether oxygens (including phenoxy) is 1. The molecule has 0 aliphatic heterocycles. The van der Waals surface area contributed by atoms with E-state index in [0.29, 0.717) is 17.1 Å². The summed E-state index contributed by atoms with van der Waals surface area (Å²) in [5, 5.41) is 13.4. The number of rotatable bonds is 5. The van der Waals surface area contributed by atoms with E-state index in [1.54, 1.807) is 24.3 Å². The Bertz CT molecular complexity index is 1000. The number of aromatic nitrogens is 2. The zero-order chi connectivity index (χ0) is 19.5. The van der Waals surface area contributed by atoms with Crippen molar-refractivity contribution in [2.75, 3.05) is 10.6 Å². The summed E-state index contributed by atoms with van der Waals surface area (Å²) in [5.74, 6) is 1.24. The first kappa shape index (κ1) is 18.0. The number of hydrogen-bond acceptors (Lipinski definition) is 4. The molecule has 0 atom stereocenters. The second-order valence-corrected chi connectivity index (χ2v) is 7.02. The van der Waals surface area contributed by atoms with Gasteiger partial charge in [0.1, 0.15) is 5.75 Å². The Hall–Kier alpha value is -3.35. The van der Waals surface area contributed by atoms with Crippen LogP contribution in [0, 0.1) is 0 Å². The molecule has 28 heavy (non-hydrogen) atoms. The molecule has 4 rings (SSSR count). The monoisotopic (exact) mass is 378 g/mol. The maximum Gasteiger partial charge on any atom is 0.324 e. The first-order valence-electron chi connectivity index (χ1n) is 9.42. The number of urea groups is 1. The fourth-order valence-electron chi connectivity index (χ4n) is 3.42. The van der Waals surface area contributed by atoms with Gasteiger partial charge in [0.15, 0.2) is 11.6 Å². The van der Waals surface area contributed by atoms with Gasteiger partial charge in [-0.2, -0.15) is 5.10 Å². The largest absolute Gasteiger partial charge is 0.490 e. The highest BCUT2D eigenvalue weighted by Gasteiger charge is 2.17. The standard InChI is InChI=1S/C21H22N4O3/c1-13(26)14-6-8-15(9-7-14)22-21(27)23-20-18-11-10-17(12-19(18)24-25-20)28-16-4-2-3-5-16/h6-12,16H,2-5H2,1H3,(H3,22,23,24,25,27). The average molecular weight is 378 g/mol. The van der Waals surface area contributed by atoms with Crippen LogP contribution in [-0.2, 0) is 0 Å². The predicted octanol–water partition coefficient (Wildman–Crippen LogP) is 4.73. The fourth-order valence-corrected chi connectivity index (χ4v) is 3.42. The van der Waals surface area contributed by atoms with E-state index in [-0.39, 0.29) is 11.9 Å². The van der Waals surface area contributed by atoms with Gasteiger partial charge < -0.3 is 10.1 Å². The number of hydrogen-bond donors (Lipinski definition) is 3. The van der Waals surface area contributed by atoms with E-state index in [1.807, 2.05) is 18.2 Å². The highest BCUT2D eigenvalue weighted by molar-refractivity contribution is 6.05. The van der Waals surface area contributed by atoms with E-state index in [1.165, 1.54) is 19.8 Å². The summed E-state index contributed by atoms with van der Waals surface area (Å²) < 4.78 is 6.01. The van der Waals surface area contributed by atoms with Crippen molar-refractivity contribution in [3.63, 3.8) is 0 Å². The van der Waals surface area contributed by atoms with E-state index >= 15 is 0 Å². The van der Waals surface area contributed by atoms with Crippen molar-refractivity contribution >= 4 is 34.2 Å². The highest BCUT2D eigenvalue weighted by Crippen LogP contribution is 2.28. The van der Waals surface area contributed by atoms with Crippen molar-refractivity contribution in [2.24, 2.45) is 0 Å². The molecule has 0 spiro atoms. The van der Waals surface area contributed by atoms with Crippen LogP contribution >= 0.6 is 0 Å². The Kier molecular flexibility index (Phi) is 4.97. The topological polar surface area (TPSA) is 96.1 Å². The van der Waals surface area contributed by atoms with Gasteiger partial charge in [-0.25, -0.2) is 4.79 Å². The Morgan fingerprint density at radius 3 is 2.54 bits per heavy atom. The number of carbonyl (C=O) groups is 2. The lowest BCUT2D eigenvalue weighted by atomic mass is 10.1. The van der Waals surface area contributed by atoms with Crippen LogP contribution in [0.15, 0.2) is 42.5 Å². The molecular weight excluding hydrogens is 356 g/mol. The number of nitrogens with one attached hydrogen (secondary N) is 3. The Morgan fingerprint density at radius 1 is 1.07 bits per heavy atom. The molecule has 1 aliphatic carbocycles. The molecule has 0 radical (unpaired) electrons. The lowest BCUT2D eigenvalue weighted by Crippen LogP contribution is -2.19. The third-order valence-corrected chi connectivity index (χ3v) is 4.92. The van der Waals surface area contributed by atoms with Crippen LogP contribution in [0.5, 0.6) is 5.75 Å². The smallest absolute Gasteiger partial charge is 0.324 e. The van der Waals surface area contributed by atoms with Crippen molar-refractivity contribution in [2.45, 2.75) is 38.7 Å². The summed E-state index contributed by atoms with van der Waals surface area (Å²) in [4.78, 5) is 23.6. The molecule has 7 nitrogen and oxygen atoms in total. The molecule has 0 bridgehead atoms. The molecule has 2 aromatic carbocycles. The average Bonchev–Trinajstić information content (AvgIpc) is 3.32. The molecule has 1 aliphatic rings. The molecule has 0 saturated heterocycles. The van der Waals surface area contributed by atoms with Crippen molar-refractivity contribution < 1.29 is 14.3 Å². The van der Waals surface area contributed by atoms with Gasteiger partial charge in [-0.05, 0) is 69.0 Å². The number of aromatic amines is 1. The summed E-state index contributed by atoms with van der Waals surface area (Å²) in [6.45, 7) is 1.50. The number of amides is 2. The lowest BCUT2D eigenvalue weighted by molar-refractivity contribution is 0.101. The van der Waals surface area contributed by atoms with Crippen molar-refractivity contribution in [3.05, 3.63) is 48.0 Å². The van der Waals surface area contributed by atoms with Gasteiger partial charge in [0.05, 0.1) is 11.6 Å². The van der Waals surface area contributed by atoms with E-state index in [2.05, 4.69) is 20.8 Å². The maximum atomic E-state index is 12.3. The van der Waals surface area contributed by atoms with Gasteiger partial charge in [0, 0.05) is 22.7 Å². The van der Waals surface area contributed by atoms with Gasteiger partial charge in [0.25, 0.3) is 0 Å². The second kappa shape index (κ2) is 7.72. The first-order valence-corrected chi connectivity index (χ1v) is 9.42. The number of fused-ring (bicyclic) bond motifs is 1. The normalized spacial score (nSPS) is 14.2. The van der Waals surface area contributed by atoms with E-state index in [9.17, 15) is 9.59 Å². The van der Waals surface area contributed by atoms with Crippen molar-refractivity contribution in [1.82, 2.24) is 10.2 Å². The van der Waals surface area contributed by atoms with Crippen molar-refractivity contribution in [1.29, 1.82) is 0 Å². The lowest BCUT2D eigenvalue weighted by Gasteiger charge is -2.12. The summed E-state index contributed by atoms with van der Waals surface area (Å²) in [7, 11) is 0. The number of Topliss-reactive ketones (excluding diaryl/α,β-unsaturated/α-hetero) is 1.